The van der Waals surface area contributed by atoms with Gasteiger partial charge in [0, 0.05) is 17.9 Å². The molecule has 0 spiro atoms. The largest absolute Gasteiger partial charge is 0.493 e. The average Bonchev–Trinajstić information content (AvgIpc) is 3.05. The summed E-state index contributed by atoms with van der Waals surface area (Å²) in [6.45, 7) is 1.68. The van der Waals surface area contributed by atoms with Crippen LogP contribution in [0.3, 0.4) is 0 Å². The van der Waals surface area contributed by atoms with Crippen molar-refractivity contribution in [2.24, 2.45) is 5.92 Å². The molecule has 0 amide bonds. The fourth-order valence-electron chi connectivity index (χ4n) is 2.44. The molecule has 0 aliphatic rings. The monoisotopic (exact) mass is 396 g/mol. The van der Waals surface area contributed by atoms with Gasteiger partial charge in [0.25, 0.3) is 0 Å². The van der Waals surface area contributed by atoms with Crippen molar-refractivity contribution in [2.45, 2.75) is 13.3 Å². The van der Waals surface area contributed by atoms with Gasteiger partial charge in [0.2, 0.25) is 0 Å². The smallest absolute Gasteiger partial charge is 0.317 e. The van der Waals surface area contributed by atoms with E-state index in [4.69, 9.17) is 24.1 Å². The second-order valence-corrected chi connectivity index (χ2v) is 6.55. The topological polar surface area (TPSA) is 108 Å². The van der Waals surface area contributed by atoms with E-state index in [0.717, 1.165) is 16.0 Å². The highest BCUT2D eigenvalue weighted by Gasteiger charge is 2.32. The molecule has 146 valence electrons. The van der Waals surface area contributed by atoms with Crippen LogP contribution in [0.15, 0.2) is 18.2 Å². The van der Waals surface area contributed by atoms with Crippen molar-refractivity contribution in [3.8, 4) is 11.5 Å². The zero-order valence-corrected chi connectivity index (χ0v) is 16.0. The van der Waals surface area contributed by atoms with Crippen molar-refractivity contribution in [1.82, 2.24) is 0 Å². The SMILES string of the molecule is CCOC(=O)C(CC(=O)O)C(=O)c1cc2cc(OCOC)c(OC)cc2s1. The van der Waals surface area contributed by atoms with Crippen molar-refractivity contribution in [3.05, 3.63) is 23.1 Å². The van der Waals surface area contributed by atoms with E-state index in [-0.39, 0.29) is 18.3 Å². The van der Waals surface area contributed by atoms with Crippen LogP contribution in [0.4, 0.5) is 0 Å². The molecule has 9 heteroatoms. The molecule has 2 rings (SSSR count). The Balaban J connectivity index is 2.39. The normalized spacial score (nSPS) is 11.8. The molecule has 27 heavy (non-hydrogen) atoms. The molecule has 1 atom stereocenters. The summed E-state index contributed by atoms with van der Waals surface area (Å²) < 4.78 is 21.2. The molecule has 0 aliphatic heterocycles. The first-order valence-corrected chi connectivity index (χ1v) is 8.88. The van der Waals surface area contributed by atoms with Crippen LogP contribution in [0.2, 0.25) is 0 Å². The number of rotatable bonds is 10. The summed E-state index contributed by atoms with van der Waals surface area (Å²) in [7, 11) is 2.98. The van der Waals surface area contributed by atoms with Gasteiger partial charge in [-0.2, -0.15) is 0 Å². The quantitative estimate of drug-likeness (QED) is 0.283. The maximum absolute atomic E-state index is 12.7. The molecule has 0 fully saturated rings. The summed E-state index contributed by atoms with van der Waals surface area (Å²) in [6, 6.07) is 4.99. The van der Waals surface area contributed by atoms with Crippen LogP contribution in [0.5, 0.6) is 11.5 Å². The Kier molecular flexibility index (Phi) is 7.14. The number of methoxy groups -OCH3 is 2. The van der Waals surface area contributed by atoms with Crippen molar-refractivity contribution in [3.63, 3.8) is 0 Å². The molecule has 0 bridgehead atoms. The summed E-state index contributed by atoms with van der Waals surface area (Å²) in [6.07, 6.45) is -0.628. The lowest BCUT2D eigenvalue weighted by atomic mass is 9.99. The second kappa shape index (κ2) is 9.33. The molecular weight excluding hydrogens is 376 g/mol. The number of ketones is 1. The number of ether oxygens (including phenoxy) is 4. The lowest BCUT2D eigenvalue weighted by Crippen LogP contribution is -2.28. The number of thiophene rings is 1. The van der Waals surface area contributed by atoms with Gasteiger partial charge in [0.05, 0.1) is 25.0 Å². The van der Waals surface area contributed by atoms with Gasteiger partial charge in [-0.25, -0.2) is 0 Å². The number of Topliss-reactive ketones (excluding diaryl/α,β-unsaturated/α-hetero) is 1. The van der Waals surface area contributed by atoms with Crippen molar-refractivity contribution < 1.29 is 38.4 Å². The fraction of sp³-hybridized carbons (Fsp3) is 0.389. The minimum atomic E-state index is -1.39. The fourth-order valence-corrected chi connectivity index (χ4v) is 3.50. The van der Waals surface area contributed by atoms with Crippen LogP contribution in [0, 0.1) is 5.92 Å². The first-order chi connectivity index (χ1) is 12.9. The van der Waals surface area contributed by atoms with Crippen LogP contribution in [-0.2, 0) is 19.1 Å². The van der Waals surface area contributed by atoms with Gasteiger partial charge in [-0.1, -0.05) is 0 Å². The van der Waals surface area contributed by atoms with Crippen molar-refractivity contribution in [1.29, 1.82) is 0 Å². The van der Waals surface area contributed by atoms with Gasteiger partial charge >= 0.3 is 11.9 Å². The Bertz CT molecular complexity index is 841. The van der Waals surface area contributed by atoms with Gasteiger partial charge < -0.3 is 24.1 Å². The second-order valence-electron chi connectivity index (χ2n) is 5.47. The molecular formula is C18H20O8S. The number of carboxylic acids is 1. The Hall–Kier alpha value is -2.65. The summed E-state index contributed by atoms with van der Waals surface area (Å²) in [5.74, 6) is -3.16. The third kappa shape index (κ3) is 4.95. The van der Waals surface area contributed by atoms with E-state index in [1.165, 1.54) is 14.2 Å². The van der Waals surface area contributed by atoms with Gasteiger partial charge in [0.15, 0.2) is 24.1 Å². The van der Waals surface area contributed by atoms with Crippen LogP contribution < -0.4 is 9.47 Å². The van der Waals surface area contributed by atoms with E-state index >= 15 is 0 Å². The van der Waals surface area contributed by atoms with Crippen molar-refractivity contribution in [2.75, 3.05) is 27.6 Å². The van der Waals surface area contributed by atoms with Gasteiger partial charge in [0.1, 0.15) is 5.92 Å². The predicted octanol–water partition coefficient (Wildman–Crippen LogP) is 2.73. The maximum Gasteiger partial charge on any atom is 0.317 e. The molecule has 1 aromatic carbocycles. The Morgan fingerprint density at radius 1 is 1.15 bits per heavy atom. The van der Waals surface area contributed by atoms with Crippen LogP contribution >= 0.6 is 11.3 Å². The molecule has 0 radical (unpaired) electrons. The van der Waals surface area contributed by atoms with Crippen LogP contribution in [0.25, 0.3) is 10.1 Å². The molecule has 8 nitrogen and oxygen atoms in total. The summed E-state index contributed by atoms with van der Waals surface area (Å²) >= 11 is 1.14. The van der Waals surface area contributed by atoms with E-state index < -0.39 is 30.1 Å². The number of esters is 1. The molecule has 0 saturated carbocycles. The molecule has 1 N–H and O–H groups in total. The highest BCUT2D eigenvalue weighted by molar-refractivity contribution is 7.20. The maximum atomic E-state index is 12.7. The zero-order chi connectivity index (χ0) is 20.0. The van der Waals surface area contributed by atoms with E-state index in [2.05, 4.69) is 0 Å². The molecule has 0 aliphatic carbocycles. The summed E-state index contributed by atoms with van der Waals surface area (Å²) in [4.78, 5) is 36.1. The average molecular weight is 396 g/mol. The highest BCUT2D eigenvalue weighted by Crippen LogP contribution is 2.37. The lowest BCUT2D eigenvalue weighted by molar-refractivity contribution is -0.150. The standard InChI is InChI=1S/C18H20O8S/c1-4-25-18(22)11(7-16(19)20)17(21)15-6-10-5-13(26-9-23-2)12(24-3)8-14(10)27-15/h5-6,8,11H,4,7,9H2,1-3H3,(H,19,20). The number of aliphatic carboxylic acids is 1. The Morgan fingerprint density at radius 3 is 2.48 bits per heavy atom. The summed E-state index contributed by atoms with van der Waals surface area (Å²) in [5, 5.41) is 9.72. The first-order valence-electron chi connectivity index (χ1n) is 8.07. The number of benzene rings is 1. The lowest BCUT2D eigenvalue weighted by Gasteiger charge is -2.11. The highest BCUT2D eigenvalue weighted by atomic mass is 32.1. The number of carboxylic acid groups (broad SMARTS) is 1. The van der Waals surface area contributed by atoms with E-state index in [1.54, 1.807) is 25.1 Å². The first kappa shape index (κ1) is 20.7. The molecule has 2 aromatic rings. The number of hydrogen-bond donors (Lipinski definition) is 1. The third-order valence-electron chi connectivity index (χ3n) is 3.64. The minimum Gasteiger partial charge on any atom is -0.493 e. The van der Waals surface area contributed by atoms with Gasteiger partial charge in [-0.3, -0.25) is 14.4 Å². The number of fused-ring (bicyclic) bond motifs is 1. The number of carbonyl (C=O) groups excluding carboxylic acids is 2. The Labute approximate surface area is 159 Å². The van der Waals surface area contributed by atoms with Crippen LogP contribution in [0.1, 0.15) is 23.0 Å². The molecule has 1 heterocycles. The Morgan fingerprint density at radius 2 is 1.89 bits per heavy atom. The van der Waals surface area contributed by atoms with E-state index in [0.29, 0.717) is 16.9 Å². The molecule has 1 aromatic heterocycles. The molecule has 0 saturated heterocycles. The van der Waals surface area contributed by atoms with Gasteiger partial charge in [-0.15, -0.1) is 11.3 Å². The van der Waals surface area contributed by atoms with Crippen molar-refractivity contribution >= 4 is 39.1 Å². The van der Waals surface area contributed by atoms with E-state index in [9.17, 15) is 14.4 Å². The van der Waals surface area contributed by atoms with Crippen LogP contribution in [-0.4, -0.2) is 50.4 Å². The minimum absolute atomic E-state index is 0.0291. The number of hydrogen-bond acceptors (Lipinski definition) is 8. The van der Waals surface area contributed by atoms with Gasteiger partial charge in [-0.05, 0) is 24.4 Å². The van der Waals surface area contributed by atoms with E-state index in [1.807, 2.05) is 0 Å². The zero-order valence-electron chi connectivity index (χ0n) is 15.1. The predicted molar refractivity (Wildman–Crippen MR) is 97.6 cm³/mol. The summed E-state index contributed by atoms with van der Waals surface area (Å²) in [5.41, 5.74) is 0. The number of carbonyl (C=O) groups is 3. The third-order valence-corrected chi connectivity index (χ3v) is 4.76. The molecule has 1 unspecified atom stereocenters.